The number of fused-ring (bicyclic) bond motifs is 1. The third kappa shape index (κ3) is 2.84. The highest BCUT2D eigenvalue weighted by atomic mass is 19.1. The van der Waals surface area contributed by atoms with E-state index in [0.29, 0.717) is 23.3 Å². The predicted octanol–water partition coefficient (Wildman–Crippen LogP) is 4.34. The summed E-state index contributed by atoms with van der Waals surface area (Å²) in [6.07, 6.45) is 1.19. The Bertz CT molecular complexity index is 965. The topological polar surface area (TPSA) is 50.8 Å². The van der Waals surface area contributed by atoms with Crippen LogP contribution in [0.1, 0.15) is 5.56 Å². The highest BCUT2D eigenvalue weighted by Gasteiger charge is 2.10. The van der Waals surface area contributed by atoms with Crippen LogP contribution >= 0.6 is 0 Å². The van der Waals surface area contributed by atoms with Crippen LogP contribution in [0.4, 0.5) is 4.39 Å². The monoisotopic (exact) mass is 319 g/mol. The molecule has 4 nitrogen and oxygen atoms in total. The first kappa shape index (κ1) is 14.4. The van der Waals surface area contributed by atoms with Gasteiger partial charge in [-0.15, -0.1) is 0 Å². The number of rotatable bonds is 4. The van der Waals surface area contributed by atoms with E-state index in [1.165, 1.54) is 12.3 Å². The SMILES string of the molecule is Fc1cnc2c(-c3ccc(OCc4ccccc4)cc3)n[nH]c2c1. The van der Waals surface area contributed by atoms with Crippen LogP contribution in [0.2, 0.25) is 0 Å². The molecule has 0 atom stereocenters. The largest absolute Gasteiger partial charge is 0.489 e. The quantitative estimate of drug-likeness (QED) is 0.608. The van der Waals surface area contributed by atoms with E-state index in [0.717, 1.165) is 16.9 Å². The van der Waals surface area contributed by atoms with E-state index in [4.69, 9.17) is 4.74 Å². The Morgan fingerprint density at radius 3 is 2.58 bits per heavy atom. The molecule has 2 heterocycles. The molecule has 0 amide bonds. The van der Waals surface area contributed by atoms with Crippen molar-refractivity contribution in [2.24, 2.45) is 0 Å². The van der Waals surface area contributed by atoms with Gasteiger partial charge >= 0.3 is 0 Å². The van der Waals surface area contributed by atoms with Crippen LogP contribution in [-0.4, -0.2) is 15.2 Å². The lowest BCUT2D eigenvalue weighted by molar-refractivity contribution is 0.306. The second-order valence-corrected chi connectivity index (χ2v) is 5.42. The molecule has 118 valence electrons. The van der Waals surface area contributed by atoms with Gasteiger partial charge in [-0.3, -0.25) is 5.10 Å². The van der Waals surface area contributed by atoms with E-state index < -0.39 is 0 Å². The molecule has 0 saturated carbocycles. The summed E-state index contributed by atoms with van der Waals surface area (Å²) in [5, 5.41) is 7.04. The number of nitrogens with zero attached hydrogens (tertiary/aromatic N) is 2. The number of ether oxygens (including phenoxy) is 1. The molecule has 5 heteroatoms. The summed E-state index contributed by atoms with van der Waals surface area (Å²) in [6.45, 7) is 0.520. The van der Waals surface area contributed by atoms with Crippen molar-refractivity contribution in [3.8, 4) is 17.0 Å². The van der Waals surface area contributed by atoms with Gasteiger partial charge in [0.2, 0.25) is 0 Å². The summed E-state index contributed by atoms with van der Waals surface area (Å²) in [5.74, 6) is 0.392. The van der Waals surface area contributed by atoms with Gasteiger partial charge in [0.1, 0.15) is 29.4 Å². The van der Waals surface area contributed by atoms with E-state index in [2.05, 4.69) is 15.2 Å². The normalized spacial score (nSPS) is 10.9. The molecule has 2 aromatic heterocycles. The molecule has 24 heavy (non-hydrogen) atoms. The molecule has 2 aromatic carbocycles. The van der Waals surface area contributed by atoms with Crippen LogP contribution in [0.3, 0.4) is 0 Å². The Morgan fingerprint density at radius 2 is 1.79 bits per heavy atom. The molecule has 0 fully saturated rings. The number of benzene rings is 2. The minimum absolute atomic E-state index is 0.387. The lowest BCUT2D eigenvalue weighted by atomic mass is 10.1. The summed E-state index contributed by atoms with van der Waals surface area (Å²) >= 11 is 0. The molecule has 0 unspecified atom stereocenters. The van der Waals surface area contributed by atoms with E-state index in [-0.39, 0.29) is 5.82 Å². The fraction of sp³-hybridized carbons (Fsp3) is 0.0526. The maximum absolute atomic E-state index is 13.2. The van der Waals surface area contributed by atoms with Crippen molar-refractivity contribution in [1.82, 2.24) is 15.2 Å². The molecule has 0 saturated heterocycles. The van der Waals surface area contributed by atoms with Gasteiger partial charge in [0, 0.05) is 11.6 Å². The first-order chi connectivity index (χ1) is 11.8. The second-order valence-electron chi connectivity index (χ2n) is 5.42. The van der Waals surface area contributed by atoms with Gasteiger partial charge in [-0.2, -0.15) is 5.10 Å². The average molecular weight is 319 g/mol. The van der Waals surface area contributed by atoms with Crippen LogP contribution in [0.25, 0.3) is 22.3 Å². The number of aromatic amines is 1. The number of aromatic nitrogens is 3. The second kappa shape index (κ2) is 6.12. The van der Waals surface area contributed by atoms with Crippen molar-refractivity contribution in [1.29, 1.82) is 0 Å². The Balaban J connectivity index is 1.54. The van der Waals surface area contributed by atoms with Crippen molar-refractivity contribution in [2.45, 2.75) is 6.61 Å². The lowest BCUT2D eigenvalue weighted by Gasteiger charge is -2.06. The number of hydrogen-bond acceptors (Lipinski definition) is 3. The van der Waals surface area contributed by atoms with Crippen LogP contribution in [-0.2, 0) is 6.61 Å². The predicted molar refractivity (Wildman–Crippen MR) is 90.1 cm³/mol. The van der Waals surface area contributed by atoms with E-state index >= 15 is 0 Å². The van der Waals surface area contributed by atoms with Crippen molar-refractivity contribution in [3.63, 3.8) is 0 Å². The zero-order valence-corrected chi connectivity index (χ0v) is 12.7. The number of H-pyrrole nitrogens is 1. The summed E-state index contributed by atoms with van der Waals surface area (Å²) in [5.41, 5.74) is 3.93. The Kier molecular flexibility index (Phi) is 3.67. The van der Waals surface area contributed by atoms with Crippen LogP contribution < -0.4 is 4.74 Å². The third-order valence-electron chi connectivity index (χ3n) is 3.74. The molecule has 0 bridgehead atoms. The summed E-state index contributed by atoms with van der Waals surface area (Å²) in [4.78, 5) is 4.12. The van der Waals surface area contributed by atoms with Crippen molar-refractivity contribution in [2.75, 3.05) is 0 Å². The van der Waals surface area contributed by atoms with Gasteiger partial charge in [0.05, 0.1) is 11.7 Å². The average Bonchev–Trinajstić information content (AvgIpc) is 3.04. The van der Waals surface area contributed by atoms with Crippen molar-refractivity contribution < 1.29 is 9.13 Å². The third-order valence-corrected chi connectivity index (χ3v) is 3.74. The minimum atomic E-state index is -0.387. The fourth-order valence-electron chi connectivity index (χ4n) is 2.53. The molecule has 0 aliphatic rings. The van der Waals surface area contributed by atoms with E-state index in [9.17, 15) is 4.39 Å². The molecular weight excluding hydrogens is 305 g/mol. The minimum Gasteiger partial charge on any atom is -0.489 e. The fourth-order valence-corrected chi connectivity index (χ4v) is 2.53. The molecule has 4 rings (SSSR count). The molecule has 0 radical (unpaired) electrons. The summed E-state index contributed by atoms with van der Waals surface area (Å²) in [6, 6.07) is 19.0. The number of pyridine rings is 1. The maximum atomic E-state index is 13.2. The van der Waals surface area contributed by atoms with Crippen LogP contribution in [0.5, 0.6) is 5.75 Å². The van der Waals surface area contributed by atoms with Gasteiger partial charge in [-0.1, -0.05) is 30.3 Å². The zero-order chi connectivity index (χ0) is 16.4. The Morgan fingerprint density at radius 1 is 1.00 bits per heavy atom. The number of halogens is 1. The van der Waals surface area contributed by atoms with Gasteiger partial charge in [0.25, 0.3) is 0 Å². The zero-order valence-electron chi connectivity index (χ0n) is 12.7. The number of hydrogen-bond donors (Lipinski definition) is 1. The van der Waals surface area contributed by atoms with E-state index in [1.54, 1.807) is 0 Å². The summed E-state index contributed by atoms with van der Waals surface area (Å²) in [7, 11) is 0. The Labute approximate surface area is 137 Å². The standard InChI is InChI=1S/C19H14FN3O/c20-15-10-17-19(21-11-15)18(23-22-17)14-6-8-16(9-7-14)24-12-13-4-2-1-3-5-13/h1-11H,12H2,(H,22,23). The van der Waals surface area contributed by atoms with Gasteiger partial charge < -0.3 is 4.74 Å². The molecule has 0 spiro atoms. The van der Waals surface area contributed by atoms with Crippen molar-refractivity contribution in [3.05, 3.63) is 78.2 Å². The van der Waals surface area contributed by atoms with Crippen LogP contribution in [0.15, 0.2) is 66.9 Å². The summed E-state index contributed by atoms with van der Waals surface area (Å²) < 4.78 is 19.0. The van der Waals surface area contributed by atoms with Gasteiger partial charge in [0.15, 0.2) is 0 Å². The maximum Gasteiger partial charge on any atom is 0.143 e. The molecular formula is C19H14FN3O. The highest BCUT2D eigenvalue weighted by Crippen LogP contribution is 2.26. The first-order valence-electron chi connectivity index (χ1n) is 7.56. The highest BCUT2D eigenvalue weighted by molar-refractivity contribution is 5.89. The smallest absolute Gasteiger partial charge is 0.143 e. The lowest BCUT2D eigenvalue weighted by Crippen LogP contribution is -1.94. The van der Waals surface area contributed by atoms with E-state index in [1.807, 2.05) is 54.6 Å². The van der Waals surface area contributed by atoms with Gasteiger partial charge in [-0.25, -0.2) is 9.37 Å². The first-order valence-corrected chi connectivity index (χ1v) is 7.56. The Hall–Kier alpha value is -3.21. The van der Waals surface area contributed by atoms with Crippen molar-refractivity contribution >= 4 is 11.0 Å². The van der Waals surface area contributed by atoms with Crippen LogP contribution in [0, 0.1) is 5.82 Å². The molecule has 0 aliphatic carbocycles. The molecule has 4 aromatic rings. The van der Waals surface area contributed by atoms with Gasteiger partial charge in [-0.05, 0) is 29.8 Å². The number of nitrogens with one attached hydrogen (secondary N) is 1. The molecule has 0 aliphatic heterocycles. The molecule has 1 N–H and O–H groups in total.